The average Bonchev–Trinajstić information content (AvgIpc) is 2.84. The van der Waals surface area contributed by atoms with Crippen molar-refractivity contribution in [1.82, 2.24) is 4.90 Å². The second-order valence-electron chi connectivity index (χ2n) is 6.11. The van der Waals surface area contributed by atoms with Crippen molar-refractivity contribution in [2.45, 2.75) is 38.8 Å². The molecule has 0 bridgehead atoms. The Morgan fingerprint density at radius 2 is 1.41 bits per heavy atom. The van der Waals surface area contributed by atoms with Gasteiger partial charge in [-0.1, -0.05) is 55.3 Å². The van der Waals surface area contributed by atoms with Crippen LogP contribution in [0.4, 0.5) is 0 Å². The Balaban J connectivity index is 1.51. The fraction of sp³-hybridized carbons (Fsp3) is 0.400. The van der Waals surface area contributed by atoms with Gasteiger partial charge in [0.15, 0.2) is 0 Å². The molecular formula is C20H25NO. The lowest BCUT2D eigenvalue weighted by atomic mass is 10.2. The normalized spacial score (nSPS) is 16.2. The van der Waals surface area contributed by atoms with Crippen molar-refractivity contribution in [1.29, 1.82) is 0 Å². The molecule has 22 heavy (non-hydrogen) atoms. The summed E-state index contributed by atoms with van der Waals surface area (Å²) >= 11 is 0. The van der Waals surface area contributed by atoms with E-state index in [-0.39, 0.29) is 0 Å². The van der Waals surface area contributed by atoms with Crippen molar-refractivity contribution in [2.24, 2.45) is 0 Å². The molecule has 0 aliphatic carbocycles. The maximum Gasteiger partial charge on any atom is 0.119 e. The van der Waals surface area contributed by atoms with Gasteiger partial charge in [0.25, 0.3) is 0 Å². The maximum absolute atomic E-state index is 5.84. The van der Waals surface area contributed by atoms with E-state index in [0.717, 1.165) is 12.3 Å². The number of nitrogens with zero attached hydrogens (tertiary/aromatic N) is 1. The van der Waals surface area contributed by atoms with E-state index < -0.39 is 0 Å². The smallest absolute Gasteiger partial charge is 0.119 e. The van der Waals surface area contributed by atoms with E-state index >= 15 is 0 Å². The van der Waals surface area contributed by atoms with Crippen molar-refractivity contribution in [3.8, 4) is 5.75 Å². The van der Waals surface area contributed by atoms with Crippen molar-refractivity contribution in [3.63, 3.8) is 0 Å². The molecule has 1 fully saturated rings. The summed E-state index contributed by atoms with van der Waals surface area (Å²) in [6.45, 7) is 4.18. The third kappa shape index (κ3) is 4.60. The number of ether oxygens (including phenoxy) is 1. The van der Waals surface area contributed by atoms with Crippen LogP contribution in [0.25, 0.3) is 0 Å². The van der Waals surface area contributed by atoms with E-state index in [9.17, 15) is 0 Å². The first-order valence-electron chi connectivity index (χ1n) is 8.38. The first-order valence-corrected chi connectivity index (χ1v) is 8.38. The summed E-state index contributed by atoms with van der Waals surface area (Å²) in [5.74, 6) is 0.948. The van der Waals surface area contributed by atoms with Crippen LogP contribution < -0.4 is 4.74 Å². The van der Waals surface area contributed by atoms with Gasteiger partial charge in [0, 0.05) is 6.54 Å². The highest BCUT2D eigenvalue weighted by Gasteiger charge is 2.09. The summed E-state index contributed by atoms with van der Waals surface area (Å²) in [5, 5.41) is 0. The van der Waals surface area contributed by atoms with E-state index in [4.69, 9.17) is 4.74 Å². The summed E-state index contributed by atoms with van der Waals surface area (Å²) in [6, 6.07) is 18.9. The van der Waals surface area contributed by atoms with Crippen LogP contribution in [0, 0.1) is 0 Å². The zero-order chi connectivity index (χ0) is 15.0. The Kier molecular flexibility index (Phi) is 5.49. The molecule has 2 nitrogen and oxygen atoms in total. The monoisotopic (exact) mass is 295 g/mol. The number of likely N-dealkylation sites (tertiary alicyclic amines) is 1. The lowest BCUT2D eigenvalue weighted by Gasteiger charge is -2.19. The van der Waals surface area contributed by atoms with Crippen LogP contribution in [0.1, 0.15) is 36.8 Å². The number of hydrogen-bond donors (Lipinski definition) is 0. The molecule has 1 aliphatic heterocycles. The van der Waals surface area contributed by atoms with Crippen LogP contribution in [0.2, 0.25) is 0 Å². The molecule has 0 amide bonds. The van der Waals surface area contributed by atoms with Gasteiger partial charge in [-0.3, -0.25) is 4.90 Å². The molecule has 1 aliphatic rings. The van der Waals surface area contributed by atoms with Gasteiger partial charge in [-0.25, -0.2) is 0 Å². The molecule has 0 atom stereocenters. The van der Waals surface area contributed by atoms with Crippen molar-refractivity contribution < 1.29 is 4.74 Å². The molecule has 2 aromatic carbocycles. The summed E-state index contributed by atoms with van der Waals surface area (Å²) in [7, 11) is 0. The third-order valence-electron chi connectivity index (χ3n) is 4.28. The Morgan fingerprint density at radius 1 is 0.727 bits per heavy atom. The minimum atomic E-state index is 0.631. The first-order chi connectivity index (χ1) is 10.9. The van der Waals surface area contributed by atoms with Crippen LogP contribution in [0.5, 0.6) is 5.75 Å². The summed E-state index contributed by atoms with van der Waals surface area (Å²) in [5.41, 5.74) is 2.59. The van der Waals surface area contributed by atoms with Crippen LogP contribution >= 0.6 is 0 Å². The minimum absolute atomic E-state index is 0.631. The average molecular weight is 295 g/mol. The summed E-state index contributed by atoms with van der Waals surface area (Å²) in [6.07, 6.45) is 5.47. The van der Waals surface area contributed by atoms with E-state index in [0.29, 0.717) is 6.61 Å². The van der Waals surface area contributed by atoms with Crippen molar-refractivity contribution in [3.05, 3.63) is 65.7 Å². The molecular weight excluding hydrogens is 270 g/mol. The van der Waals surface area contributed by atoms with Gasteiger partial charge in [0.2, 0.25) is 0 Å². The van der Waals surface area contributed by atoms with Gasteiger partial charge in [-0.2, -0.15) is 0 Å². The molecule has 3 rings (SSSR count). The van der Waals surface area contributed by atoms with E-state index in [1.54, 1.807) is 0 Å². The number of rotatable bonds is 5. The second kappa shape index (κ2) is 8.00. The van der Waals surface area contributed by atoms with Gasteiger partial charge in [0.05, 0.1) is 0 Å². The molecule has 116 valence electrons. The van der Waals surface area contributed by atoms with E-state index in [1.807, 2.05) is 18.2 Å². The van der Waals surface area contributed by atoms with Crippen molar-refractivity contribution in [2.75, 3.05) is 13.1 Å². The van der Waals surface area contributed by atoms with E-state index in [2.05, 4.69) is 41.3 Å². The molecule has 2 aromatic rings. The Labute approximate surface area is 133 Å². The van der Waals surface area contributed by atoms with Gasteiger partial charge in [-0.05, 0) is 49.2 Å². The molecule has 0 saturated carbocycles. The highest BCUT2D eigenvalue weighted by atomic mass is 16.5. The molecule has 1 saturated heterocycles. The highest BCUT2D eigenvalue weighted by molar-refractivity contribution is 5.27. The molecule has 1 heterocycles. The maximum atomic E-state index is 5.84. The van der Waals surface area contributed by atoms with Crippen LogP contribution in [0.3, 0.4) is 0 Å². The zero-order valence-corrected chi connectivity index (χ0v) is 13.2. The van der Waals surface area contributed by atoms with Gasteiger partial charge < -0.3 is 4.74 Å². The Morgan fingerprint density at radius 3 is 2.09 bits per heavy atom. The highest BCUT2D eigenvalue weighted by Crippen LogP contribution is 2.17. The zero-order valence-electron chi connectivity index (χ0n) is 13.2. The first kappa shape index (κ1) is 15.1. The van der Waals surface area contributed by atoms with Crippen molar-refractivity contribution >= 4 is 0 Å². The number of benzene rings is 2. The topological polar surface area (TPSA) is 12.5 Å². The fourth-order valence-corrected chi connectivity index (χ4v) is 2.98. The quantitative estimate of drug-likeness (QED) is 0.796. The molecule has 0 unspecified atom stereocenters. The lowest BCUT2D eigenvalue weighted by Crippen LogP contribution is -2.23. The largest absolute Gasteiger partial charge is 0.489 e. The standard InChI is InChI=1S/C20H25NO/c1-2-7-15-21(14-6-1)16-18-10-12-20(13-11-18)22-17-19-8-4-3-5-9-19/h3-5,8-13H,1-2,6-7,14-17H2. The molecule has 0 spiro atoms. The molecule has 0 radical (unpaired) electrons. The van der Waals surface area contributed by atoms with Crippen LogP contribution in [-0.2, 0) is 13.2 Å². The second-order valence-corrected chi connectivity index (χ2v) is 6.11. The predicted octanol–water partition coefficient (Wildman–Crippen LogP) is 4.64. The predicted molar refractivity (Wildman–Crippen MR) is 91.0 cm³/mol. The van der Waals surface area contributed by atoms with E-state index in [1.165, 1.54) is 49.9 Å². The van der Waals surface area contributed by atoms with Gasteiger partial charge >= 0.3 is 0 Å². The Hall–Kier alpha value is -1.80. The minimum Gasteiger partial charge on any atom is -0.489 e. The molecule has 0 N–H and O–H groups in total. The lowest BCUT2D eigenvalue weighted by molar-refractivity contribution is 0.276. The van der Waals surface area contributed by atoms with Gasteiger partial charge in [-0.15, -0.1) is 0 Å². The number of hydrogen-bond acceptors (Lipinski definition) is 2. The van der Waals surface area contributed by atoms with Gasteiger partial charge in [0.1, 0.15) is 12.4 Å². The SMILES string of the molecule is c1ccc(COc2ccc(CN3CCCCCC3)cc2)cc1. The van der Waals surface area contributed by atoms with Crippen LogP contribution in [-0.4, -0.2) is 18.0 Å². The summed E-state index contributed by atoms with van der Waals surface area (Å²) in [4.78, 5) is 2.58. The fourth-order valence-electron chi connectivity index (χ4n) is 2.98. The third-order valence-corrected chi connectivity index (χ3v) is 4.28. The Bertz CT molecular complexity index is 542. The molecule has 0 aromatic heterocycles. The summed E-state index contributed by atoms with van der Waals surface area (Å²) < 4.78 is 5.84. The molecule has 2 heteroatoms. The van der Waals surface area contributed by atoms with Crippen LogP contribution in [0.15, 0.2) is 54.6 Å².